The monoisotopic (exact) mass is 368 g/mol. The van der Waals surface area contributed by atoms with Crippen molar-refractivity contribution in [2.45, 2.75) is 38.3 Å². The molecule has 1 aromatic heterocycles. The number of hydrogen-bond acceptors (Lipinski definition) is 4. The van der Waals surface area contributed by atoms with Crippen LogP contribution in [0.1, 0.15) is 31.2 Å². The highest BCUT2D eigenvalue weighted by atomic mass is 16.5. The van der Waals surface area contributed by atoms with Gasteiger partial charge in [0.05, 0.1) is 6.10 Å². The van der Waals surface area contributed by atoms with E-state index in [-0.39, 0.29) is 18.0 Å². The van der Waals surface area contributed by atoms with Crippen molar-refractivity contribution in [3.8, 4) is 0 Å². The second-order valence-electron chi connectivity index (χ2n) is 6.47. The Bertz CT molecular complexity index is 761. The van der Waals surface area contributed by atoms with Crippen LogP contribution in [0.2, 0.25) is 0 Å². The number of hydrogen-bond donors (Lipinski definition) is 3. The topological polar surface area (TPSA) is 92.4 Å². The van der Waals surface area contributed by atoms with Crippen LogP contribution in [0.3, 0.4) is 0 Å². The highest BCUT2D eigenvalue weighted by Gasteiger charge is 2.16. The predicted octanol–water partition coefficient (Wildman–Crippen LogP) is 3.30. The summed E-state index contributed by atoms with van der Waals surface area (Å²) < 4.78 is 5.53. The first-order valence-electron chi connectivity index (χ1n) is 9.14. The fourth-order valence-electron chi connectivity index (χ4n) is 2.92. The molecular formula is C20H24N4O3. The number of aromatic nitrogens is 1. The summed E-state index contributed by atoms with van der Waals surface area (Å²) in [6, 6.07) is 10.5. The first kappa shape index (κ1) is 18.8. The Hall–Kier alpha value is -2.93. The highest BCUT2D eigenvalue weighted by Crippen LogP contribution is 2.18. The molecule has 1 aliphatic rings. The van der Waals surface area contributed by atoms with Crippen LogP contribution >= 0.6 is 0 Å². The number of pyridine rings is 1. The number of anilines is 2. The van der Waals surface area contributed by atoms with E-state index in [9.17, 15) is 9.59 Å². The van der Waals surface area contributed by atoms with Crippen molar-refractivity contribution in [1.29, 1.82) is 0 Å². The lowest BCUT2D eigenvalue weighted by Crippen LogP contribution is -2.28. The molecule has 1 saturated heterocycles. The number of carbonyl (C=O) groups is 2. The van der Waals surface area contributed by atoms with E-state index in [1.54, 1.807) is 36.7 Å². The zero-order valence-electron chi connectivity index (χ0n) is 15.1. The van der Waals surface area contributed by atoms with Gasteiger partial charge >= 0.3 is 6.03 Å². The second kappa shape index (κ2) is 9.68. The molecule has 0 spiro atoms. The molecule has 1 aliphatic heterocycles. The molecule has 27 heavy (non-hydrogen) atoms. The normalized spacial score (nSPS) is 15.9. The van der Waals surface area contributed by atoms with Crippen molar-refractivity contribution >= 4 is 23.3 Å². The van der Waals surface area contributed by atoms with E-state index in [2.05, 4.69) is 20.9 Å². The van der Waals surface area contributed by atoms with Crippen molar-refractivity contribution < 1.29 is 14.3 Å². The average Bonchev–Trinajstić information content (AvgIpc) is 3.20. The summed E-state index contributed by atoms with van der Waals surface area (Å²) in [6.07, 6.45) is 6.83. The first-order chi connectivity index (χ1) is 13.2. The number of carbonyl (C=O) groups excluding carboxylic acids is 2. The molecule has 0 radical (unpaired) electrons. The SMILES string of the molecule is O=C(CCC1CCCO1)Nc1cccc(NC(=O)NCc2ccncc2)c1. The summed E-state index contributed by atoms with van der Waals surface area (Å²) in [5.41, 5.74) is 2.23. The van der Waals surface area contributed by atoms with Gasteiger partial charge in [-0.2, -0.15) is 0 Å². The Labute approximate surface area is 158 Å². The summed E-state index contributed by atoms with van der Waals surface area (Å²) in [4.78, 5) is 28.1. The molecular weight excluding hydrogens is 344 g/mol. The van der Waals surface area contributed by atoms with E-state index < -0.39 is 0 Å². The second-order valence-corrected chi connectivity index (χ2v) is 6.47. The fraction of sp³-hybridized carbons (Fsp3) is 0.350. The molecule has 7 heteroatoms. The van der Waals surface area contributed by atoms with Crippen LogP contribution in [0.5, 0.6) is 0 Å². The van der Waals surface area contributed by atoms with Gasteiger partial charge in [0.1, 0.15) is 0 Å². The minimum Gasteiger partial charge on any atom is -0.378 e. The Morgan fingerprint density at radius 3 is 2.63 bits per heavy atom. The molecule has 0 aliphatic carbocycles. The summed E-state index contributed by atoms with van der Waals surface area (Å²) in [5, 5.41) is 8.41. The average molecular weight is 368 g/mol. The number of urea groups is 1. The van der Waals surface area contributed by atoms with Crippen LogP contribution in [-0.2, 0) is 16.1 Å². The van der Waals surface area contributed by atoms with Gasteiger partial charge in [-0.1, -0.05) is 6.07 Å². The van der Waals surface area contributed by atoms with E-state index in [4.69, 9.17) is 4.74 Å². The molecule has 142 valence electrons. The zero-order valence-corrected chi connectivity index (χ0v) is 15.1. The summed E-state index contributed by atoms with van der Waals surface area (Å²) in [5.74, 6) is -0.0511. The van der Waals surface area contributed by atoms with Gasteiger partial charge in [0, 0.05) is 43.3 Å². The van der Waals surface area contributed by atoms with Crippen molar-refractivity contribution in [2.24, 2.45) is 0 Å². The number of benzene rings is 1. The first-order valence-corrected chi connectivity index (χ1v) is 9.14. The minimum atomic E-state index is -0.311. The molecule has 1 atom stereocenters. The van der Waals surface area contributed by atoms with Gasteiger partial charge in [-0.25, -0.2) is 4.79 Å². The van der Waals surface area contributed by atoms with Gasteiger partial charge in [-0.3, -0.25) is 9.78 Å². The summed E-state index contributed by atoms with van der Waals surface area (Å²) in [7, 11) is 0. The van der Waals surface area contributed by atoms with Crippen molar-refractivity contribution in [2.75, 3.05) is 17.2 Å². The highest BCUT2D eigenvalue weighted by molar-refractivity contribution is 5.93. The third-order valence-corrected chi connectivity index (χ3v) is 4.32. The number of nitrogens with zero attached hydrogens (tertiary/aromatic N) is 1. The van der Waals surface area contributed by atoms with Crippen LogP contribution in [0.25, 0.3) is 0 Å². The minimum absolute atomic E-state index is 0.0511. The maximum Gasteiger partial charge on any atom is 0.319 e. The molecule has 2 aromatic rings. The Balaban J connectivity index is 1.44. The van der Waals surface area contributed by atoms with Gasteiger partial charge in [0.25, 0.3) is 0 Å². The quantitative estimate of drug-likeness (QED) is 0.699. The molecule has 0 saturated carbocycles. The molecule has 3 N–H and O–H groups in total. The molecule has 0 bridgehead atoms. The molecule has 3 rings (SSSR count). The number of ether oxygens (including phenoxy) is 1. The van der Waals surface area contributed by atoms with Crippen molar-refractivity contribution in [3.63, 3.8) is 0 Å². The number of amides is 3. The van der Waals surface area contributed by atoms with E-state index in [0.29, 0.717) is 24.3 Å². The molecule has 1 fully saturated rings. The maximum atomic E-state index is 12.1. The van der Waals surface area contributed by atoms with Gasteiger partial charge in [0.2, 0.25) is 5.91 Å². The van der Waals surface area contributed by atoms with Gasteiger partial charge < -0.3 is 20.7 Å². The van der Waals surface area contributed by atoms with Crippen LogP contribution in [0.15, 0.2) is 48.8 Å². The van der Waals surface area contributed by atoms with E-state index in [1.807, 2.05) is 12.1 Å². The summed E-state index contributed by atoms with van der Waals surface area (Å²) in [6.45, 7) is 1.21. The smallest absolute Gasteiger partial charge is 0.319 e. The Kier molecular flexibility index (Phi) is 6.76. The molecule has 3 amide bonds. The lowest BCUT2D eigenvalue weighted by atomic mass is 10.1. The van der Waals surface area contributed by atoms with Crippen LogP contribution < -0.4 is 16.0 Å². The lowest BCUT2D eigenvalue weighted by molar-refractivity contribution is -0.116. The Morgan fingerprint density at radius 1 is 1.11 bits per heavy atom. The maximum absolute atomic E-state index is 12.1. The Morgan fingerprint density at radius 2 is 1.89 bits per heavy atom. The lowest BCUT2D eigenvalue weighted by Gasteiger charge is -2.11. The largest absolute Gasteiger partial charge is 0.378 e. The van der Waals surface area contributed by atoms with E-state index in [0.717, 1.165) is 31.4 Å². The standard InChI is InChI=1S/C20H24N4O3/c25-19(7-6-18-5-2-12-27-18)23-16-3-1-4-17(13-16)24-20(26)22-14-15-8-10-21-11-9-15/h1,3-4,8-11,13,18H,2,5-7,12,14H2,(H,23,25)(H2,22,24,26). The van der Waals surface area contributed by atoms with Crippen molar-refractivity contribution in [1.82, 2.24) is 10.3 Å². The number of nitrogens with one attached hydrogen (secondary N) is 3. The molecule has 7 nitrogen and oxygen atoms in total. The van der Waals surface area contributed by atoms with Gasteiger partial charge in [0.15, 0.2) is 0 Å². The van der Waals surface area contributed by atoms with Crippen LogP contribution in [0.4, 0.5) is 16.2 Å². The van der Waals surface area contributed by atoms with Gasteiger partial charge in [-0.15, -0.1) is 0 Å². The predicted molar refractivity (Wildman–Crippen MR) is 103 cm³/mol. The summed E-state index contributed by atoms with van der Waals surface area (Å²) >= 11 is 0. The van der Waals surface area contributed by atoms with Crippen LogP contribution in [0, 0.1) is 0 Å². The molecule has 2 heterocycles. The van der Waals surface area contributed by atoms with E-state index >= 15 is 0 Å². The third-order valence-electron chi connectivity index (χ3n) is 4.32. The zero-order chi connectivity index (χ0) is 18.9. The van der Waals surface area contributed by atoms with E-state index in [1.165, 1.54) is 0 Å². The fourth-order valence-corrected chi connectivity index (χ4v) is 2.92. The van der Waals surface area contributed by atoms with Gasteiger partial charge in [-0.05, 0) is 55.2 Å². The van der Waals surface area contributed by atoms with Crippen LogP contribution in [-0.4, -0.2) is 29.6 Å². The molecule has 1 unspecified atom stereocenters. The van der Waals surface area contributed by atoms with Crippen molar-refractivity contribution in [3.05, 3.63) is 54.4 Å². The third kappa shape index (κ3) is 6.38. The molecule has 1 aromatic carbocycles. The number of rotatable bonds is 7.